The molecule has 0 unspecified atom stereocenters. The maximum absolute atomic E-state index is 13.9. The molecule has 170 valence electrons. The molecule has 5 nitrogen and oxygen atoms in total. The van der Waals surface area contributed by atoms with Crippen molar-refractivity contribution >= 4 is 66.2 Å². The fourth-order valence-corrected chi connectivity index (χ4v) is 5.50. The van der Waals surface area contributed by atoms with Crippen molar-refractivity contribution < 1.29 is 13.9 Å². The van der Waals surface area contributed by atoms with Gasteiger partial charge in [0.2, 0.25) is 5.95 Å². The van der Waals surface area contributed by atoms with E-state index >= 15 is 0 Å². The van der Waals surface area contributed by atoms with E-state index in [9.17, 15) is 9.18 Å². The molecule has 0 aliphatic rings. The molecule has 4 aromatic rings. The van der Waals surface area contributed by atoms with E-state index in [0.29, 0.717) is 26.6 Å². The Balaban J connectivity index is 1.91. The van der Waals surface area contributed by atoms with Crippen LogP contribution in [0.3, 0.4) is 0 Å². The summed E-state index contributed by atoms with van der Waals surface area (Å²) in [6, 6.07) is 13.3. The number of hydrogen-bond donors (Lipinski definition) is 0. The number of aromatic nitrogens is 2. The Bertz CT molecular complexity index is 1370. The summed E-state index contributed by atoms with van der Waals surface area (Å²) in [6.45, 7) is 0.516. The molecule has 1 aromatic heterocycles. The van der Waals surface area contributed by atoms with Crippen LogP contribution in [-0.4, -0.2) is 36.5 Å². The molecule has 0 atom stereocenters. The van der Waals surface area contributed by atoms with Crippen LogP contribution in [0.4, 0.5) is 10.3 Å². The number of ketones is 1. The van der Waals surface area contributed by atoms with Gasteiger partial charge in [0.25, 0.3) is 0 Å². The summed E-state index contributed by atoms with van der Waals surface area (Å²) in [4.78, 5) is 20.1. The van der Waals surface area contributed by atoms with E-state index in [0.717, 1.165) is 28.8 Å². The zero-order chi connectivity index (χ0) is 23.9. The predicted molar refractivity (Wildman–Crippen MR) is 136 cm³/mol. The van der Waals surface area contributed by atoms with Crippen LogP contribution in [0.5, 0.6) is 5.75 Å². The number of hydrogen-bond acceptors (Lipinski definition) is 4. The van der Waals surface area contributed by atoms with Crippen molar-refractivity contribution in [3.8, 4) is 5.75 Å². The highest BCUT2D eigenvalue weighted by molar-refractivity contribution is 9.11. The lowest BCUT2D eigenvalue weighted by molar-refractivity contribution is 0.103. The van der Waals surface area contributed by atoms with Crippen molar-refractivity contribution in [2.45, 2.75) is 6.54 Å². The van der Waals surface area contributed by atoms with Gasteiger partial charge in [-0.05, 0) is 73.8 Å². The number of methoxy groups -OCH3 is 1. The number of rotatable bonds is 6. The van der Waals surface area contributed by atoms with Crippen LogP contribution in [0.1, 0.15) is 21.5 Å². The van der Waals surface area contributed by atoms with Gasteiger partial charge in [0, 0.05) is 24.1 Å². The lowest BCUT2D eigenvalue weighted by Gasteiger charge is -2.16. The first kappa shape index (κ1) is 23.7. The number of carbonyl (C=O) groups is 1. The Hall–Kier alpha value is -2.42. The van der Waals surface area contributed by atoms with Gasteiger partial charge < -0.3 is 14.2 Å². The van der Waals surface area contributed by atoms with Crippen molar-refractivity contribution in [1.82, 2.24) is 9.55 Å². The first-order valence-electron chi connectivity index (χ1n) is 9.89. The highest BCUT2D eigenvalue weighted by atomic mass is 79.9. The molecular weight excluding hydrogens is 577 g/mol. The molecule has 0 saturated carbocycles. The number of imidazole rings is 1. The van der Waals surface area contributed by atoms with E-state index in [1.54, 1.807) is 13.2 Å². The van der Waals surface area contributed by atoms with E-state index < -0.39 is 11.6 Å². The standard InChI is InChI=1S/C24H19Br2ClFN3O2/c1-30(2)24-29-19-11-17(25)20(23(32)16-10-14(28)6-9-18(16)27)21(26)22(19)31(24)12-13-4-7-15(33-3)8-5-13/h4-11H,12H2,1-3H3. The number of halogens is 4. The second kappa shape index (κ2) is 9.44. The third-order valence-electron chi connectivity index (χ3n) is 5.20. The second-order valence-electron chi connectivity index (χ2n) is 7.61. The molecule has 0 aliphatic carbocycles. The van der Waals surface area contributed by atoms with Crippen molar-refractivity contribution in [2.75, 3.05) is 26.1 Å². The summed E-state index contributed by atoms with van der Waals surface area (Å²) in [5, 5.41) is 0.181. The van der Waals surface area contributed by atoms with E-state index in [1.807, 2.05) is 47.8 Å². The third kappa shape index (κ3) is 4.52. The predicted octanol–water partition coefficient (Wildman–Crippen LogP) is 6.71. The summed E-state index contributed by atoms with van der Waals surface area (Å²) < 4.78 is 22.2. The molecule has 4 rings (SSSR count). The summed E-state index contributed by atoms with van der Waals surface area (Å²) in [5.74, 6) is 0.563. The number of carbonyl (C=O) groups excluding carboxylic acids is 1. The van der Waals surface area contributed by atoms with Crippen LogP contribution in [0.2, 0.25) is 5.02 Å². The molecule has 0 saturated heterocycles. The van der Waals surface area contributed by atoms with Gasteiger partial charge in [0.15, 0.2) is 5.78 Å². The third-order valence-corrected chi connectivity index (χ3v) is 6.93. The molecule has 3 aromatic carbocycles. The van der Waals surface area contributed by atoms with E-state index in [4.69, 9.17) is 21.3 Å². The van der Waals surface area contributed by atoms with Crippen LogP contribution in [0, 0.1) is 5.82 Å². The number of fused-ring (bicyclic) bond motifs is 1. The summed E-state index contributed by atoms with van der Waals surface area (Å²) in [6.07, 6.45) is 0. The Morgan fingerprint density at radius 1 is 1.15 bits per heavy atom. The first-order valence-corrected chi connectivity index (χ1v) is 11.9. The lowest BCUT2D eigenvalue weighted by atomic mass is 10.0. The van der Waals surface area contributed by atoms with Gasteiger partial charge in [-0.25, -0.2) is 9.37 Å². The minimum atomic E-state index is -0.532. The molecule has 0 fully saturated rings. The quantitative estimate of drug-likeness (QED) is 0.233. The molecule has 1 heterocycles. The molecule has 0 amide bonds. The highest BCUT2D eigenvalue weighted by Crippen LogP contribution is 2.38. The van der Waals surface area contributed by atoms with Gasteiger partial charge in [0.05, 0.1) is 39.7 Å². The van der Waals surface area contributed by atoms with Crippen molar-refractivity contribution in [3.05, 3.63) is 85.0 Å². The van der Waals surface area contributed by atoms with Crippen molar-refractivity contribution in [3.63, 3.8) is 0 Å². The van der Waals surface area contributed by atoms with Crippen LogP contribution in [0.25, 0.3) is 11.0 Å². The lowest BCUT2D eigenvalue weighted by Crippen LogP contribution is -2.16. The number of ether oxygens (including phenoxy) is 1. The monoisotopic (exact) mass is 593 g/mol. The minimum absolute atomic E-state index is 0.0893. The average molecular weight is 596 g/mol. The van der Waals surface area contributed by atoms with Gasteiger partial charge in [-0.15, -0.1) is 0 Å². The molecule has 0 bridgehead atoms. The fraction of sp³-hybridized carbons (Fsp3) is 0.167. The molecule has 33 heavy (non-hydrogen) atoms. The molecule has 0 radical (unpaired) electrons. The van der Waals surface area contributed by atoms with E-state index in [-0.39, 0.29) is 10.6 Å². The highest BCUT2D eigenvalue weighted by Gasteiger charge is 2.25. The van der Waals surface area contributed by atoms with Crippen molar-refractivity contribution in [1.29, 1.82) is 0 Å². The van der Waals surface area contributed by atoms with E-state index in [1.165, 1.54) is 12.1 Å². The Morgan fingerprint density at radius 2 is 1.85 bits per heavy atom. The smallest absolute Gasteiger partial charge is 0.206 e. The van der Waals surface area contributed by atoms with Crippen LogP contribution in [0.15, 0.2) is 57.5 Å². The largest absolute Gasteiger partial charge is 0.497 e. The maximum atomic E-state index is 13.9. The molecule has 9 heteroatoms. The van der Waals surface area contributed by atoms with Gasteiger partial charge in [0.1, 0.15) is 11.6 Å². The Labute approximate surface area is 212 Å². The van der Waals surface area contributed by atoms with Gasteiger partial charge in [-0.3, -0.25) is 4.79 Å². The zero-order valence-corrected chi connectivity index (χ0v) is 21.9. The first-order chi connectivity index (χ1) is 15.7. The maximum Gasteiger partial charge on any atom is 0.206 e. The average Bonchev–Trinajstić information content (AvgIpc) is 3.14. The summed E-state index contributed by atoms with van der Waals surface area (Å²) in [7, 11) is 5.45. The van der Waals surface area contributed by atoms with Crippen LogP contribution >= 0.6 is 43.5 Å². The number of nitrogens with zero attached hydrogens (tertiary/aromatic N) is 3. The minimum Gasteiger partial charge on any atom is -0.497 e. The SMILES string of the molecule is COc1ccc(Cn2c(N(C)C)nc3cc(Br)c(C(=O)c4cc(F)ccc4Cl)c(Br)c32)cc1. The number of anilines is 1. The second-order valence-corrected chi connectivity index (χ2v) is 9.66. The Morgan fingerprint density at radius 3 is 2.48 bits per heavy atom. The summed E-state index contributed by atoms with van der Waals surface area (Å²) in [5.41, 5.74) is 2.91. The van der Waals surface area contributed by atoms with E-state index in [2.05, 4.69) is 31.9 Å². The molecule has 0 spiro atoms. The van der Waals surface area contributed by atoms with Gasteiger partial charge in [-0.2, -0.15) is 0 Å². The molecule has 0 N–H and O–H groups in total. The molecular formula is C24H19Br2ClFN3O2. The topological polar surface area (TPSA) is 47.4 Å². The Kier molecular flexibility index (Phi) is 6.79. The van der Waals surface area contributed by atoms with Gasteiger partial charge in [-0.1, -0.05) is 23.7 Å². The van der Waals surface area contributed by atoms with Crippen LogP contribution < -0.4 is 9.64 Å². The van der Waals surface area contributed by atoms with Crippen molar-refractivity contribution in [2.24, 2.45) is 0 Å². The molecule has 0 aliphatic heterocycles. The summed E-state index contributed by atoms with van der Waals surface area (Å²) >= 11 is 13.4. The normalized spacial score (nSPS) is 11.1. The van der Waals surface area contributed by atoms with Gasteiger partial charge >= 0.3 is 0 Å². The fourth-order valence-electron chi connectivity index (χ4n) is 3.63. The number of benzene rings is 3. The zero-order valence-electron chi connectivity index (χ0n) is 18.0. The van der Waals surface area contributed by atoms with Crippen LogP contribution in [-0.2, 0) is 6.54 Å².